The number of nitrogens with one attached hydrogen (secondary N) is 1. The molecule has 8 heteroatoms. The van der Waals surface area contributed by atoms with Gasteiger partial charge >= 0.3 is 0 Å². The number of aromatic nitrogens is 4. The summed E-state index contributed by atoms with van der Waals surface area (Å²) in [5, 5.41) is 17.9. The Kier molecular flexibility index (Phi) is 4.52. The molecule has 136 valence electrons. The van der Waals surface area contributed by atoms with Crippen LogP contribution in [0.5, 0.6) is 0 Å². The number of aryl methyl sites for hydroxylation is 1. The van der Waals surface area contributed by atoms with Gasteiger partial charge in [-0.05, 0) is 30.7 Å². The first kappa shape index (κ1) is 16.8. The molecule has 0 radical (unpaired) electrons. The molecule has 0 aromatic carbocycles. The van der Waals surface area contributed by atoms with Gasteiger partial charge < -0.3 is 15.0 Å². The van der Waals surface area contributed by atoms with E-state index in [-0.39, 0.29) is 11.5 Å². The largest absolute Gasteiger partial charge is 0.506 e. The van der Waals surface area contributed by atoms with Gasteiger partial charge in [0, 0.05) is 37.8 Å². The number of ketones is 1. The van der Waals surface area contributed by atoms with Gasteiger partial charge in [0.05, 0.1) is 11.8 Å². The highest BCUT2D eigenvalue weighted by Gasteiger charge is 2.15. The van der Waals surface area contributed by atoms with E-state index in [2.05, 4.69) is 20.4 Å². The second-order valence-corrected chi connectivity index (χ2v) is 6.07. The molecule has 0 bridgehead atoms. The number of imidazole rings is 1. The number of aliphatic imine (C=N–C) groups is 1. The van der Waals surface area contributed by atoms with Crippen LogP contribution in [0.15, 0.2) is 72.1 Å². The van der Waals surface area contributed by atoms with E-state index in [1.54, 1.807) is 17.0 Å². The third kappa shape index (κ3) is 3.64. The maximum Gasteiger partial charge on any atom is 0.182 e. The SMILES string of the molecule is O=C1C=CC(=Nc2c(NCCCn3ccnc3)nn3ccccc23)C(O)=C1. The Labute approximate surface area is 155 Å². The van der Waals surface area contributed by atoms with Crippen molar-refractivity contribution in [2.24, 2.45) is 4.99 Å². The molecule has 27 heavy (non-hydrogen) atoms. The molecular formula is C19H18N6O2. The van der Waals surface area contributed by atoms with E-state index in [9.17, 15) is 9.90 Å². The van der Waals surface area contributed by atoms with E-state index >= 15 is 0 Å². The molecule has 3 aromatic heterocycles. The predicted octanol–water partition coefficient (Wildman–Crippen LogP) is 2.69. The Bertz CT molecular complexity index is 1060. The van der Waals surface area contributed by atoms with Crippen LogP contribution in [-0.4, -0.2) is 42.3 Å². The highest BCUT2D eigenvalue weighted by atomic mass is 16.3. The molecule has 1 aliphatic rings. The van der Waals surface area contributed by atoms with E-state index in [0.29, 0.717) is 23.8 Å². The van der Waals surface area contributed by atoms with Gasteiger partial charge in [0.25, 0.3) is 0 Å². The van der Waals surface area contributed by atoms with Gasteiger partial charge in [-0.15, -0.1) is 5.10 Å². The molecule has 2 N–H and O–H groups in total. The number of rotatable bonds is 6. The van der Waals surface area contributed by atoms with Crippen molar-refractivity contribution >= 4 is 28.5 Å². The molecule has 8 nitrogen and oxygen atoms in total. The number of pyridine rings is 1. The van der Waals surface area contributed by atoms with Gasteiger partial charge in [0.1, 0.15) is 17.2 Å². The van der Waals surface area contributed by atoms with Crippen LogP contribution in [0.4, 0.5) is 11.5 Å². The number of fused-ring (bicyclic) bond motifs is 1. The molecule has 0 spiro atoms. The summed E-state index contributed by atoms with van der Waals surface area (Å²) in [7, 11) is 0. The van der Waals surface area contributed by atoms with Crippen molar-refractivity contribution in [3.05, 3.63) is 67.1 Å². The number of carbonyl (C=O) groups excluding carboxylic acids is 1. The smallest absolute Gasteiger partial charge is 0.182 e. The summed E-state index contributed by atoms with van der Waals surface area (Å²) in [6, 6.07) is 5.69. The van der Waals surface area contributed by atoms with Gasteiger partial charge in [0.2, 0.25) is 0 Å². The molecule has 0 aliphatic heterocycles. The zero-order chi connectivity index (χ0) is 18.6. The summed E-state index contributed by atoms with van der Waals surface area (Å²) in [4.78, 5) is 19.9. The van der Waals surface area contributed by atoms with E-state index in [4.69, 9.17) is 0 Å². The summed E-state index contributed by atoms with van der Waals surface area (Å²) >= 11 is 0. The minimum absolute atomic E-state index is 0.149. The van der Waals surface area contributed by atoms with Gasteiger partial charge in [-0.25, -0.2) is 14.5 Å². The third-order valence-corrected chi connectivity index (χ3v) is 4.14. The second-order valence-electron chi connectivity index (χ2n) is 6.07. The fraction of sp³-hybridized carbons (Fsp3) is 0.158. The van der Waals surface area contributed by atoms with Crippen molar-refractivity contribution in [1.29, 1.82) is 0 Å². The fourth-order valence-corrected chi connectivity index (χ4v) is 2.82. The second kappa shape index (κ2) is 7.28. The lowest BCUT2D eigenvalue weighted by Gasteiger charge is -2.07. The number of hydrogen-bond donors (Lipinski definition) is 2. The van der Waals surface area contributed by atoms with E-state index in [0.717, 1.165) is 24.6 Å². The average molecular weight is 362 g/mol. The Balaban J connectivity index is 1.59. The zero-order valence-electron chi connectivity index (χ0n) is 14.5. The molecule has 0 saturated heterocycles. The normalized spacial score (nSPS) is 15.5. The first-order valence-corrected chi connectivity index (χ1v) is 8.59. The lowest BCUT2D eigenvalue weighted by molar-refractivity contribution is -0.110. The number of nitrogens with zero attached hydrogens (tertiary/aromatic N) is 5. The molecular weight excluding hydrogens is 344 g/mol. The van der Waals surface area contributed by atoms with E-state index in [1.165, 1.54) is 12.2 Å². The van der Waals surface area contributed by atoms with Crippen LogP contribution >= 0.6 is 0 Å². The van der Waals surface area contributed by atoms with Gasteiger partial charge in [-0.2, -0.15) is 0 Å². The van der Waals surface area contributed by atoms with Crippen LogP contribution in [0.3, 0.4) is 0 Å². The van der Waals surface area contributed by atoms with Crippen molar-refractivity contribution in [3.63, 3.8) is 0 Å². The monoisotopic (exact) mass is 362 g/mol. The summed E-state index contributed by atoms with van der Waals surface area (Å²) in [5.41, 5.74) is 1.75. The first-order chi connectivity index (χ1) is 13.2. The molecule has 0 atom stereocenters. The lowest BCUT2D eigenvalue weighted by atomic mass is 10.1. The molecule has 0 fully saturated rings. The van der Waals surface area contributed by atoms with Crippen molar-refractivity contribution < 1.29 is 9.90 Å². The Hall–Kier alpha value is -3.68. The highest BCUT2D eigenvalue weighted by Crippen LogP contribution is 2.30. The topological polar surface area (TPSA) is 96.8 Å². The Morgan fingerprint density at radius 1 is 1.22 bits per heavy atom. The van der Waals surface area contributed by atoms with Crippen LogP contribution in [-0.2, 0) is 11.3 Å². The number of carbonyl (C=O) groups is 1. The summed E-state index contributed by atoms with van der Waals surface area (Å²) in [6.07, 6.45) is 12.2. The standard InChI is InChI=1S/C19H18N6O2/c26-14-5-6-15(17(27)12-14)22-18-16-4-1-2-10-25(16)23-19(18)21-7-3-9-24-11-8-20-13-24/h1-2,4-6,8,10-13,27H,3,7,9H2,(H,21,23). The van der Waals surface area contributed by atoms with Crippen molar-refractivity contribution in [3.8, 4) is 0 Å². The molecule has 1 aliphatic carbocycles. The number of aliphatic hydroxyl groups is 1. The zero-order valence-corrected chi connectivity index (χ0v) is 14.5. The quantitative estimate of drug-likeness (QED) is 0.519. The molecule has 0 amide bonds. The Morgan fingerprint density at radius 3 is 2.96 bits per heavy atom. The van der Waals surface area contributed by atoms with Crippen LogP contribution in [0.2, 0.25) is 0 Å². The molecule has 0 unspecified atom stereocenters. The summed E-state index contributed by atoms with van der Waals surface area (Å²) in [5.74, 6) is 0.213. The predicted molar refractivity (Wildman–Crippen MR) is 102 cm³/mol. The van der Waals surface area contributed by atoms with E-state index < -0.39 is 0 Å². The number of hydrogen-bond acceptors (Lipinski definition) is 6. The number of anilines is 1. The van der Waals surface area contributed by atoms with E-state index in [1.807, 2.05) is 35.2 Å². The molecule has 3 heterocycles. The third-order valence-electron chi connectivity index (χ3n) is 4.14. The summed E-state index contributed by atoms with van der Waals surface area (Å²) < 4.78 is 3.75. The van der Waals surface area contributed by atoms with Crippen LogP contribution in [0.25, 0.3) is 5.52 Å². The van der Waals surface area contributed by atoms with Gasteiger partial charge in [0.15, 0.2) is 11.6 Å². The van der Waals surface area contributed by atoms with Crippen LogP contribution in [0, 0.1) is 0 Å². The average Bonchev–Trinajstić information content (AvgIpc) is 3.29. The minimum atomic E-state index is -0.260. The fourth-order valence-electron chi connectivity index (χ4n) is 2.82. The Morgan fingerprint density at radius 2 is 2.15 bits per heavy atom. The molecule has 4 rings (SSSR count). The van der Waals surface area contributed by atoms with Crippen LogP contribution < -0.4 is 5.32 Å². The minimum Gasteiger partial charge on any atom is -0.506 e. The van der Waals surface area contributed by atoms with Gasteiger partial charge in [-0.1, -0.05) is 6.07 Å². The number of allylic oxidation sites excluding steroid dienone is 3. The van der Waals surface area contributed by atoms with Gasteiger partial charge in [-0.3, -0.25) is 4.79 Å². The maximum absolute atomic E-state index is 11.4. The van der Waals surface area contributed by atoms with Crippen molar-refractivity contribution in [2.75, 3.05) is 11.9 Å². The van der Waals surface area contributed by atoms with Crippen molar-refractivity contribution in [1.82, 2.24) is 19.2 Å². The van der Waals surface area contributed by atoms with Crippen LogP contribution in [0.1, 0.15) is 6.42 Å². The summed E-state index contributed by atoms with van der Waals surface area (Å²) in [6.45, 7) is 1.55. The maximum atomic E-state index is 11.4. The number of aliphatic hydroxyl groups excluding tert-OH is 1. The molecule has 0 saturated carbocycles. The first-order valence-electron chi connectivity index (χ1n) is 8.59. The lowest BCUT2D eigenvalue weighted by Crippen LogP contribution is -2.08. The molecule has 3 aromatic rings. The van der Waals surface area contributed by atoms with Crippen molar-refractivity contribution in [2.45, 2.75) is 13.0 Å². The highest BCUT2D eigenvalue weighted by molar-refractivity contribution is 6.19.